The minimum absolute atomic E-state index is 0.0125. The van der Waals surface area contributed by atoms with Crippen molar-refractivity contribution >= 4 is 17.5 Å². The van der Waals surface area contributed by atoms with Crippen LogP contribution in [0.3, 0.4) is 0 Å². The van der Waals surface area contributed by atoms with Crippen LogP contribution in [0, 0.1) is 5.92 Å². The van der Waals surface area contributed by atoms with Gasteiger partial charge in [-0.25, -0.2) is 9.97 Å². The number of aromatic nitrogens is 2. The largest absolute Gasteiger partial charge is 0.458 e. The molecule has 6 heteroatoms. The molecule has 2 heterocycles. The number of hydrogen-bond donors (Lipinski definition) is 0. The Hall–Kier alpha value is -1.36. The maximum atomic E-state index is 12.3. The van der Waals surface area contributed by atoms with E-state index < -0.39 is 0 Å². The first kappa shape index (κ1) is 13.6. The number of hydrogen-bond acceptors (Lipinski definition) is 4. The van der Waals surface area contributed by atoms with E-state index in [4.69, 9.17) is 16.3 Å². The maximum absolute atomic E-state index is 12.3. The Balaban J connectivity index is 1.54. The van der Waals surface area contributed by atoms with Gasteiger partial charge in [-0.15, -0.1) is 0 Å². The van der Waals surface area contributed by atoms with Gasteiger partial charge < -0.3 is 9.64 Å². The third-order valence-corrected chi connectivity index (χ3v) is 4.22. The molecule has 0 aromatic carbocycles. The van der Waals surface area contributed by atoms with Gasteiger partial charge in [0.05, 0.1) is 24.0 Å². The SMILES string of the molecule is O=C(C1CCCC1)N1CC[C@@H](Oc2ncc(Cl)cn2)C1. The van der Waals surface area contributed by atoms with Crippen LogP contribution >= 0.6 is 11.6 Å². The lowest BCUT2D eigenvalue weighted by molar-refractivity contribution is -0.134. The summed E-state index contributed by atoms with van der Waals surface area (Å²) in [6, 6.07) is 0.328. The molecule has 1 amide bonds. The summed E-state index contributed by atoms with van der Waals surface area (Å²) in [5.74, 6) is 0.533. The highest BCUT2D eigenvalue weighted by Crippen LogP contribution is 2.28. The Labute approximate surface area is 123 Å². The summed E-state index contributed by atoms with van der Waals surface area (Å²) in [5.41, 5.74) is 0. The van der Waals surface area contributed by atoms with Crippen LogP contribution in [0.1, 0.15) is 32.1 Å². The topological polar surface area (TPSA) is 55.3 Å². The van der Waals surface area contributed by atoms with E-state index in [1.54, 1.807) is 0 Å². The molecule has 0 bridgehead atoms. The number of ether oxygens (including phenoxy) is 1. The van der Waals surface area contributed by atoms with Gasteiger partial charge in [-0.2, -0.15) is 0 Å². The molecule has 0 N–H and O–H groups in total. The fourth-order valence-electron chi connectivity index (χ4n) is 2.97. The van der Waals surface area contributed by atoms with Crippen molar-refractivity contribution in [2.45, 2.75) is 38.2 Å². The van der Waals surface area contributed by atoms with Crippen molar-refractivity contribution in [2.24, 2.45) is 5.92 Å². The van der Waals surface area contributed by atoms with Crippen molar-refractivity contribution in [3.8, 4) is 6.01 Å². The van der Waals surface area contributed by atoms with E-state index in [1.165, 1.54) is 25.2 Å². The molecular weight excluding hydrogens is 278 g/mol. The average molecular weight is 296 g/mol. The Kier molecular flexibility index (Phi) is 4.05. The number of likely N-dealkylation sites (tertiary alicyclic amines) is 1. The summed E-state index contributed by atoms with van der Waals surface area (Å²) in [6.07, 6.45) is 8.31. The molecule has 5 nitrogen and oxygen atoms in total. The van der Waals surface area contributed by atoms with Gasteiger partial charge in [0.25, 0.3) is 0 Å². The fraction of sp³-hybridized carbons (Fsp3) is 0.643. The van der Waals surface area contributed by atoms with Crippen molar-refractivity contribution in [3.63, 3.8) is 0 Å². The van der Waals surface area contributed by atoms with Crippen LogP contribution in [0.4, 0.5) is 0 Å². The van der Waals surface area contributed by atoms with Crippen LogP contribution in [-0.2, 0) is 4.79 Å². The highest BCUT2D eigenvalue weighted by molar-refractivity contribution is 6.30. The molecule has 1 aliphatic heterocycles. The molecule has 1 aromatic heterocycles. The minimum atomic E-state index is -0.0125. The number of carbonyl (C=O) groups is 1. The summed E-state index contributed by atoms with van der Waals surface area (Å²) >= 11 is 5.73. The summed E-state index contributed by atoms with van der Waals surface area (Å²) in [4.78, 5) is 22.3. The van der Waals surface area contributed by atoms with E-state index in [9.17, 15) is 4.79 Å². The third kappa shape index (κ3) is 3.03. The average Bonchev–Trinajstić information content (AvgIpc) is 3.12. The molecule has 0 radical (unpaired) electrons. The van der Waals surface area contributed by atoms with Gasteiger partial charge in [0.15, 0.2) is 0 Å². The van der Waals surface area contributed by atoms with Crippen molar-refractivity contribution < 1.29 is 9.53 Å². The van der Waals surface area contributed by atoms with Crippen LogP contribution in [-0.4, -0.2) is 40.0 Å². The molecule has 2 fully saturated rings. The molecule has 108 valence electrons. The quantitative estimate of drug-likeness (QED) is 0.858. The molecule has 3 rings (SSSR count). The van der Waals surface area contributed by atoms with Crippen LogP contribution in [0.25, 0.3) is 0 Å². The van der Waals surface area contributed by atoms with Crippen molar-refractivity contribution in [1.29, 1.82) is 0 Å². The molecule has 0 spiro atoms. The van der Waals surface area contributed by atoms with E-state index in [0.717, 1.165) is 25.8 Å². The van der Waals surface area contributed by atoms with E-state index in [-0.39, 0.29) is 12.0 Å². The number of rotatable bonds is 3. The van der Waals surface area contributed by atoms with Crippen LogP contribution in [0.2, 0.25) is 5.02 Å². The van der Waals surface area contributed by atoms with Crippen LogP contribution in [0.5, 0.6) is 6.01 Å². The van der Waals surface area contributed by atoms with Gasteiger partial charge in [0.1, 0.15) is 6.10 Å². The smallest absolute Gasteiger partial charge is 0.316 e. The van der Waals surface area contributed by atoms with Crippen molar-refractivity contribution in [2.75, 3.05) is 13.1 Å². The predicted octanol–water partition coefficient (Wildman–Crippen LogP) is 2.30. The zero-order valence-corrected chi connectivity index (χ0v) is 12.1. The van der Waals surface area contributed by atoms with Crippen molar-refractivity contribution in [3.05, 3.63) is 17.4 Å². The number of amides is 1. The second-order valence-electron chi connectivity index (χ2n) is 5.48. The van der Waals surface area contributed by atoms with Gasteiger partial charge in [0.2, 0.25) is 5.91 Å². The van der Waals surface area contributed by atoms with E-state index in [0.29, 0.717) is 23.5 Å². The highest BCUT2D eigenvalue weighted by Gasteiger charge is 2.33. The number of nitrogens with zero attached hydrogens (tertiary/aromatic N) is 3. The Morgan fingerprint density at radius 2 is 1.95 bits per heavy atom. The lowest BCUT2D eigenvalue weighted by Crippen LogP contribution is -2.35. The van der Waals surface area contributed by atoms with Crippen LogP contribution < -0.4 is 4.74 Å². The lowest BCUT2D eigenvalue weighted by Gasteiger charge is -2.20. The first-order valence-electron chi connectivity index (χ1n) is 7.15. The van der Waals surface area contributed by atoms with Crippen LogP contribution in [0.15, 0.2) is 12.4 Å². The van der Waals surface area contributed by atoms with Crippen molar-refractivity contribution in [1.82, 2.24) is 14.9 Å². The van der Waals surface area contributed by atoms with E-state index in [1.807, 2.05) is 4.90 Å². The summed E-state index contributed by atoms with van der Waals surface area (Å²) in [6.45, 7) is 1.41. The Morgan fingerprint density at radius 1 is 1.25 bits per heavy atom. The van der Waals surface area contributed by atoms with Gasteiger partial charge in [-0.05, 0) is 12.8 Å². The fourth-order valence-corrected chi connectivity index (χ4v) is 3.06. The number of halogens is 1. The Morgan fingerprint density at radius 3 is 2.65 bits per heavy atom. The van der Waals surface area contributed by atoms with Gasteiger partial charge >= 0.3 is 6.01 Å². The minimum Gasteiger partial charge on any atom is -0.458 e. The summed E-state index contributed by atoms with van der Waals surface area (Å²) in [7, 11) is 0. The third-order valence-electron chi connectivity index (χ3n) is 4.03. The van der Waals surface area contributed by atoms with Gasteiger partial charge in [-0.3, -0.25) is 4.79 Å². The second kappa shape index (κ2) is 5.95. The summed E-state index contributed by atoms with van der Waals surface area (Å²) in [5, 5.41) is 0.488. The zero-order valence-electron chi connectivity index (χ0n) is 11.3. The molecule has 1 saturated carbocycles. The maximum Gasteiger partial charge on any atom is 0.316 e. The standard InChI is InChI=1S/C14H18ClN3O2/c15-11-7-16-14(17-8-11)20-12-5-6-18(9-12)13(19)10-3-1-2-4-10/h7-8,10,12H,1-6,9H2/t12-/m1/s1. The van der Waals surface area contributed by atoms with Gasteiger partial charge in [-0.1, -0.05) is 24.4 Å². The molecule has 2 aliphatic rings. The van der Waals surface area contributed by atoms with E-state index in [2.05, 4.69) is 9.97 Å². The molecule has 20 heavy (non-hydrogen) atoms. The summed E-state index contributed by atoms with van der Waals surface area (Å²) < 4.78 is 5.70. The van der Waals surface area contributed by atoms with E-state index >= 15 is 0 Å². The molecule has 0 unspecified atom stereocenters. The normalized spacial score (nSPS) is 23.2. The molecule has 1 aromatic rings. The first-order chi connectivity index (χ1) is 9.72. The highest BCUT2D eigenvalue weighted by atomic mass is 35.5. The second-order valence-corrected chi connectivity index (χ2v) is 5.91. The van der Waals surface area contributed by atoms with Gasteiger partial charge in [0, 0.05) is 18.9 Å². The molecule has 1 atom stereocenters. The lowest BCUT2D eigenvalue weighted by atomic mass is 10.1. The Bertz CT molecular complexity index is 474. The molecule has 1 aliphatic carbocycles. The zero-order chi connectivity index (χ0) is 13.9. The first-order valence-corrected chi connectivity index (χ1v) is 7.53. The molecule has 1 saturated heterocycles. The predicted molar refractivity (Wildman–Crippen MR) is 74.6 cm³/mol. The molecular formula is C14H18ClN3O2. The number of carbonyl (C=O) groups excluding carboxylic acids is 1. The monoisotopic (exact) mass is 295 g/mol.